The van der Waals surface area contributed by atoms with Gasteiger partial charge in [-0.15, -0.1) is 0 Å². The molecule has 3 aromatic rings. The van der Waals surface area contributed by atoms with Crippen molar-refractivity contribution in [2.45, 2.75) is 51.5 Å². The quantitative estimate of drug-likeness (QED) is 0.274. The average molecular weight is 675 g/mol. The number of hydrogen-bond donors (Lipinski definition) is 0. The minimum Gasteiger partial charge on any atom is -0.354 e. The van der Waals surface area contributed by atoms with Crippen LogP contribution in [-0.2, 0) is 32.6 Å². The molecule has 46 heavy (non-hydrogen) atoms. The number of halogens is 7. The number of alkyl halides is 6. The minimum absolute atomic E-state index is 0.00241. The summed E-state index contributed by atoms with van der Waals surface area (Å²) >= 11 is 0. The molecule has 4 rings (SSSR count). The molecular formula is C31H33F7N4O3S. The summed E-state index contributed by atoms with van der Waals surface area (Å²) in [7, 11) is -2.12. The highest BCUT2D eigenvalue weighted by atomic mass is 32.2. The van der Waals surface area contributed by atoms with Crippen LogP contribution in [-0.4, -0.2) is 62.6 Å². The summed E-state index contributed by atoms with van der Waals surface area (Å²) in [5.74, 6) is -0.917. The number of aryl methyl sites for hydroxylation is 1. The van der Waals surface area contributed by atoms with Crippen LogP contribution < -0.4 is 9.80 Å². The summed E-state index contributed by atoms with van der Waals surface area (Å²) in [6, 6.07) is 6.30. The first-order valence-corrected chi connectivity index (χ1v) is 15.9. The number of aromatic nitrogens is 1. The summed E-state index contributed by atoms with van der Waals surface area (Å²) in [6.07, 6.45) is -7.72. The van der Waals surface area contributed by atoms with Gasteiger partial charge in [0.05, 0.1) is 34.7 Å². The molecule has 2 heterocycles. The summed E-state index contributed by atoms with van der Waals surface area (Å²) in [6.45, 7) is 6.63. The number of rotatable bonds is 6. The monoisotopic (exact) mass is 674 g/mol. The second kappa shape index (κ2) is 12.1. The number of anilines is 2. The van der Waals surface area contributed by atoms with Gasteiger partial charge >= 0.3 is 12.4 Å². The average Bonchev–Trinajstić information content (AvgIpc) is 2.94. The van der Waals surface area contributed by atoms with E-state index in [2.05, 4.69) is 4.98 Å². The summed E-state index contributed by atoms with van der Waals surface area (Å²) in [4.78, 5) is 21.4. The van der Waals surface area contributed by atoms with Crippen molar-refractivity contribution in [2.24, 2.45) is 0 Å². The maximum Gasteiger partial charge on any atom is 0.416 e. The molecule has 1 aromatic heterocycles. The predicted octanol–water partition coefficient (Wildman–Crippen LogP) is 6.64. The molecule has 7 nitrogen and oxygen atoms in total. The third kappa shape index (κ3) is 7.14. The van der Waals surface area contributed by atoms with Gasteiger partial charge in [0.2, 0.25) is 15.9 Å². The fourth-order valence-corrected chi connectivity index (χ4v) is 6.77. The first kappa shape index (κ1) is 35.1. The molecule has 0 saturated carbocycles. The van der Waals surface area contributed by atoms with Crippen LogP contribution in [0.5, 0.6) is 0 Å². The molecule has 1 saturated heterocycles. The lowest BCUT2D eigenvalue weighted by atomic mass is 9.81. The lowest BCUT2D eigenvalue weighted by molar-refractivity contribution is -0.143. The van der Waals surface area contributed by atoms with Crippen LogP contribution in [0.25, 0.3) is 11.1 Å². The normalized spacial score (nSPS) is 16.9. The number of sulfonamides is 1. The number of likely N-dealkylation sites (N-methyl/N-ethyl adjacent to an activating group) is 1. The fraction of sp³-hybridized carbons (Fsp3) is 0.419. The Morgan fingerprint density at radius 1 is 0.913 bits per heavy atom. The lowest BCUT2D eigenvalue weighted by Crippen LogP contribution is -2.53. The van der Waals surface area contributed by atoms with E-state index >= 15 is 0 Å². The van der Waals surface area contributed by atoms with E-state index in [-0.39, 0.29) is 24.3 Å². The molecule has 1 fully saturated rings. The third-order valence-corrected chi connectivity index (χ3v) is 9.57. The van der Waals surface area contributed by atoms with Crippen LogP contribution in [0.3, 0.4) is 0 Å². The highest BCUT2D eigenvalue weighted by molar-refractivity contribution is 7.88. The molecule has 1 aliphatic heterocycles. The highest BCUT2D eigenvalue weighted by Crippen LogP contribution is 2.41. The third-order valence-electron chi connectivity index (χ3n) is 8.17. The number of amides is 1. The minimum atomic E-state index is -5.10. The second-order valence-corrected chi connectivity index (χ2v) is 13.9. The van der Waals surface area contributed by atoms with Gasteiger partial charge in [-0.2, -0.15) is 30.6 Å². The lowest BCUT2D eigenvalue weighted by Gasteiger charge is -2.39. The van der Waals surface area contributed by atoms with Crippen molar-refractivity contribution in [2.75, 3.05) is 42.7 Å². The Hall–Kier alpha value is -3.72. The van der Waals surface area contributed by atoms with Crippen molar-refractivity contribution >= 4 is 27.4 Å². The number of carbonyl (C=O) groups is 1. The van der Waals surface area contributed by atoms with E-state index in [1.165, 1.54) is 49.6 Å². The van der Waals surface area contributed by atoms with Crippen molar-refractivity contribution in [3.05, 3.63) is 76.7 Å². The predicted molar refractivity (Wildman–Crippen MR) is 160 cm³/mol. The smallest absolute Gasteiger partial charge is 0.354 e. The van der Waals surface area contributed by atoms with Crippen molar-refractivity contribution in [3.8, 4) is 11.1 Å². The molecule has 1 unspecified atom stereocenters. The molecule has 0 bridgehead atoms. The Morgan fingerprint density at radius 2 is 1.48 bits per heavy atom. The zero-order chi connectivity index (χ0) is 34.6. The zero-order valence-electron chi connectivity index (χ0n) is 25.9. The molecule has 0 aliphatic carbocycles. The number of benzene rings is 2. The zero-order valence-corrected chi connectivity index (χ0v) is 26.7. The molecule has 2 aromatic carbocycles. The maximum absolute atomic E-state index is 14.1. The molecular weight excluding hydrogens is 641 g/mol. The van der Waals surface area contributed by atoms with Gasteiger partial charge in [-0.3, -0.25) is 4.79 Å². The van der Waals surface area contributed by atoms with Gasteiger partial charge in [0.25, 0.3) is 0 Å². The van der Waals surface area contributed by atoms with E-state index in [9.17, 15) is 43.9 Å². The van der Waals surface area contributed by atoms with Crippen LogP contribution in [0.4, 0.5) is 42.2 Å². The van der Waals surface area contributed by atoms with E-state index in [1.807, 2.05) is 4.90 Å². The number of pyridine rings is 1. The van der Waals surface area contributed by atoms with Crippen molar-refractivity contribution in [1.82, 2.24) is 9.29 Å². The van der Waals surface area contributed by atoms with Gasteiger partial charge in [0.15, 0.2) is 0 Å². The Labute approximate surface area is 262 Å². The second-order valence-electron chi connectivity index (χ2n) is 12.0. The molecule has 15 heteroatoms. The Kier molecular flexibility index (Phi) is 9.27. The first-order valence-electron chi connectivity index (χ1n) is 14.1. The SMILES string of the molecule is Cc1cc(F)ccc1-c1cc(N2CCN(S(C)(=O)=O)C(C)C2)ncc1N(C)C(=O)C(C)(C)c1cc(C(F)(F)F)cc(C(F)(F)F)c1. The number of carbonyl (C=O) groups excluding carboxylic acids is 1. The molecule has 1 aliphatic rings. The maximum atomic E-state index is 14.1. The molecule has 1 amide bonds. The van der Waals surface area contributed by atoms with Crippen LogP contribution in [0.2, 0.25) is 0 Å². The van der Waals surface area contributed by atoms with Crippen LogP contribution >= 0.6 is 0 Å². The highest BCUT2D eigenvalue weighted by Gasteiger charge is 2.41. The van der Waals surface area contributed by atoms with Crippen LogP contribution in [0.15, 0.2) is 48.7 Å². The number of nitrogens with zero attached hydrogens (tertiary/aromatic N) is 4. The molecule has 0 spiro atoms. The van der Waals surface area contributed by atoms with Gasteiger partial charge in [-0.1, -0.05) is 6.07 Å². The Morgan fingerprint density at radius 3 is 1.98 bits per heavy atom. The van der Waals surface area contributed by atoms with Crippen LogP contribution in [0, 0.1) is 12.7 Å². The number of hydrogen-bond acceptors (Lipinski definition) is 5. The molecule has 1 atom stereocenters. The fourth-order valence-electron chi connectivity index (χ4n) is 5.63. The van der Waals surface area contributed by atoms with Crippen molar-refractivity contribution in [1.29, 1.82) is 0 Å². The van der Waals surface area contributed by atoms with Gasteiger partial charge in [-0.25, -0.2) is 17.8 Å². The summed E-state index contributed by atoms with van der Waals surface area (Å²) < 4.78 is 121. The summed E-state index contributed by atoms with van der Waals surface area (Å²) in [5, 5.41) is 0. The van der Waals surface area contributed by atoms with E-state index in [1.54, 1.807) is 19.9 Å². The molecule has 0 radical (unpaired) electrons. The molecule has 0 N–H and O–H groups in total. The van der Waals surface area contributed by atoms with E-state index < -0.39 is 56.2 Å². The largest absolute Gasteiger partial charge is 0.416 e. The van der Waals surface area contributed by atoms with Gasteiger partial charge in [-0.05, 0) is 80.8 Å². The topological polar surface area (TPSA) is 73.8 Å². The van der Waals surface area contributed by atoms with Crippen LogP contribution in [0.1, 0.15) is 43.0 Å². The first-order chi connectivity index (χ1) is 21.0. The van der Waals surface area contributed by atoms with E-state index in [4.69, 9.17) is 0 Å². The number of piperazine rings is 1. The van der Waals surface area contributed by atoms with Crippen molar-refractivity contribution < 1.29 is 43.9 Å². The van der Waals surface area contributed by atoms with Gasteiger partial charge in [0.1, 0.15) is 11.6 Å². The Balaban J connectivity index is 1.80. The van der Waals surface area contributed by atoms with Gasteiger partial charge < -0.3 is 9.80 Å². The van der Waals surface area contributed by atoms with Crippen molar-refractivity contribution in [3.63, 3.8) is 0 Å². The standard InChI is InChI=1S/C31H33F7N4O3S/c1-18-11-23(32)7-8-24(18)25-15-27(41-9-10-42(19(2)17-41)46(6,44)45)39-16-26(25)40(5)28(43)29(3,4)20-12-21(30(33,34)35)14-22(13-20)31(36,37)38/h7-8,11-16,19H,9-10,17H2,1-6H3. The van der Waals surface area contributed by atoms with E-state index in [0.717, 1.165) is 11.2 Å². The Bertz CT molecular complexity index is 1730. The molecule has 250 valence electrons. The summed E-state index contributed by atoms with van der Waals surface area (Å²) in [5.41, 5.74) is -3.90. The van der Waals surface area contributed by atoms with E-state index in [0.29, 0.717) is 47.7 Å². The van der Waals surface area contributed by atoms with Gasteiger partial charge in [0, 0.05) is 38.3 Å².